The van der Waals surface area contributed by atoms with Crippen molar-refractivity contribution in [3.8, 4) is 0 Å². The van der Waals surface area contributed by atoms with Crippen molar-refractivity contribution in [3.63, 3.8) is 0 Å². The quantitative estimate of drug-likeness (QED) is 0.603. The second-order valence-electron chi connectivity index (χ2n) is 5.61. The molecule has 21 heavy (non-hydrogen) atoms. The lowest BCUT2D eigenvalue weighted by atomic mass is 10.0. The monoisotopic (exact) mass is 404 g/mol. The van der Waals surface area contributed by atoms with Gasteiger partial charge in [0.2, 0.25) is 0 Å². The van der Waals surface area contributed by atoms with Crippen molar-refractivity contribution in [1.29, 1.82) is 0 Å². The highest BCUT2D eigenvalue weighted by atomic mass is 127. The molecule has 1 heterocycles. The first-order valence-corrected chi connectivity index (χ1v) is 8.63. The van der Waals surface area contributed by atoms with E-state index in [0.717, 1.165) is 13.0 Å². The molecule has 1 aliphatic rings. The summed E-state index contributed by atoms with van der Waals surface area (Å²) in [4.78, 5) is 14.5. The number of nitrogens with zero attached hydrogens (tertiary/aromatic N) is 1. The molecule has 0 saturated carbocycles. The molecule has 1 unspecified atom stereocenters. The molecule has 1 fully saturated rings. The van der Waals surface area contributed by atoms with Gasteiger partial charge in [0, 0.05) is 22.7 Å². The van der Waals surface area contributed by atoms with E-state index in [1.54, 1.807) is 6.07 Å². The van der Waals surface area contributed by atoms with Crippen molar-refractivity contribution in [2.75, 3.05) is 19.6 Å². The Balaban J connectivity index is 1.74. The standard InChI is InChI=1S/C16H22FIN2O/c1-12-5-2-3-9-20(12)10-4-8-19-16(21)14-7-6-13(17)11-15(14)18/h6-7,11-12H,2-5,8-10H2,1H3,(H,19,21). The Labute approximate surface area is 139 Å². The molecule has 1 saturated heterocycles. The Morgan fingerprint density at radius 3 is 3.00 bits per heavy atom. The van der Waals surface area contributed by atoms with Crippen LogP contribution in [0.25, 0.3) is 0 Å². The molecule has 0 radical (unpaired) electrons. The molecule has 0 bridgehead atoms. The maximum atomic E-state index is 13.0. The fourth-order valence-electron chi connectivity index (χ4n) is 2.74. The van der Waals surface area contributed by atoms with Gasteiger partial charge in [-0.25, -0.2) is 4.39 Å². The first-order chi connectivity index (χ1) is 10.1. The molecule has 1 amide bonds. The summed E-state index contributed by atoms with van der Waals surface area (Å²) in [6.45, 7) is 5.14. The number of hydrogen-bond acceptors (Lipinski definition) is 2. The van der Waals surface area contributed by atoms with E-state index in [1.165, 1.54) is 37.9 Å². The number of amides is 1. The summed E-state index contributed by atoms with van der Waals surface area (Å²) in [7, 11) is 0. The summed E-state index contributed by atoms with van der Waals surface area (Å²) in [6, 6.07) is 4.91. The van der Waals surface area contributed by atoms with Crippen LogP contribution in [-0.2, 0) is 0 Å². The molecular formula is C16H22FIN2O. The van der Waals surface area contributed by atoms with Gasteiger partial charge in [-0.2, -0.15) is 0 Å². The van der Waals surface area contributed by atoms with E-state index < -0.39 is 0 Å². The summed E-state index contributed by atoms with van der Waals surface area (Å²) in [5.41, 5.74) is 0.545. The van der Waals surface area contributed by atoms with E-state index >= 15 is 0 Å². The normalized spacial score (nSPS) is 19.5. The molecule has 116 valence electrons. The highest BCUT2D eigenvalue weighted by Gasteiger charge is 2.17. The molecule has 1 aromatic rings. The Bertz CT molecular complexity index is 495. The van der Waals surface area contributed by atoms with Gasteiger partial charge in [0.05, 0.1) is 5.56 Å². The van der Waals surface area contributed by atoms with Crippen LogP contribution in [-0.4, -0.2) is 36.5 Å². The van der Waals surface area contributed by atoms with Crippen LogP contribution in [0.5, 0.6) is 0 Å². The van der Waals surface area contributed by atoms with Gasteiger partial charge in [0.1, 0.15) is 5.82 Å². The van der Waals surface area contributed by atoms with E-state index in [9.17, 15) is 9.18 Å². The number of nitrogens with one attached hydrogen (secondary N) is 1. The predicted octanol–water partition coefficient (Wildman–Crippen LogP) is 3.42. The van der Waals surface area contributed by atoms with Crippen molar-refractivity contribution < 1.29 is 9.18 Å². The Kier molecular flexibility index (Phi) is 6.41. The molecule has 1 atom stereocenters. The summed E-state index contributed by atoms with van der Waals surface area (Å²) in [5, 5.41) is 2.92. The number of carbonyl (C=O) groups is 1. The second-order valence-corrected chi connectivity index (χ2v) is 6.78. The van der Waals surface area contributed by atoms with Crippen LogP contribution in [0.3, 0.4) is 0 Å². The summed E-state index contributed by atoms with van der Waals surface area (Å²) in [6.07, 6.45) is 4.84. The van der Waals surface area contributed by atoms with Crippen LogP contribution in [0.4, 0.5) is 4.39 Å². The number of benzene rings is 1. The SMILES string of the molecule is CC1CCCCN1CCCNC(=O)c1ccc(F)cc1I. The van der Waals surface area contributed by atoms with Crippen molar-refractivity contribution in [1.82, 2.24) is 10.2 Å². The molecular weight excluding hydrogens is 382 g/mol. The van der Waals surface area contributed by atoms with E-state index in [0.29, 0.717) is 21.7 Å². The lowest BCUT2D eigenvalue weighted by Crippen LogP contribution is -2.39. The maximum Gasteiger partial charge on any atom is 0.252 e. The molecule has 2 rings (SSSR count). The number of halogens is 2. The number of likely N-dealkylation sites (tertiary alicyclic amines) is 1. The highest BCUT2D eigenvalue weighted by Crippen LogP contribution is 2.16. The van der Waals surface area contributed by atoms with Crippen LogP contribution < -0.4 is 5.32 Å². The van der Waals surface area contributed by atoms with Gasteiger partial charge < -0.3 is 10.2 Å². The first kappa shape index (κ1) is 16.7. The smallest absolute Gasteiger partial charge is 0.252 e. The minimum Gasteiger partial charge on any atom is -0.352 e. The van der Waals surface area contributed by atoms with Gasteiger partial charge in [-0.1, -0.05) is 6.42 Å². The topological polar surface area (TPSA) is 32.3 Å². The van der Waals surface area contributed by atoms with Crippen molar-refractivity contribution in [2.45, 2.75) is 38.6 Å². The maximum absolute atomic E-state index is 13.0. The van der Waals surface area contributed by atoms with Crippen LogP contribution in [0, 0.1) is 9.39 Å². The molecule has 1 N–H and O–H groups in total. The molecule has 0 aliphatic carbocycles. The fraction of sp³-hybridized carbons (Fsp3) is 0.562. The van der Waals surface area contributed by atoms with E-state index in [1.807, 2.05) is 22.6 Å². The van der Waals surface area contributed by atoms with Gasteiger partial charge in [0.25, 0.3) is 5.91 Å². The summed E-state index contributed by atoms with van der Waals surface area (Å²) < 4.78 is 13.7. The van der Waals surface area contributed by atoms with E-state index in [-0.39, 0.29) is 11.7 Å². The van der Waals surface area contributed by atoms with Gasteiger partial charge in [-0.05, 0) is 73.5 Å². The largest absolute Gasteiger partial charge is 0.352 e. The van der Waals surface area contributed by atoms with Gasteiger partial charge in [0.15, 0.2) is 0 Å². The molecule has 0 aromatic heterocycles. The molecule has 0 spiro atoms. The third-order valence-electron chi connectivity index (χ3n) is 4.02. The lowest BCUT2D eigenvalue weighted by Gasteiger charge is -2.33. The second kappa shape index (κ2) is 8.08. The van der Waals surface area contributed by atoms with E-state index in [4.69, 9.17) is 0 Å². The lowest BCUT2D eigenvalue weighted by molar-refractivity contribution is 0.0948. The number of carbonyl (C=O) groups excluding carboxylic acids is 1. The number of piperidine rings is 1. The Hall–Kier alpha value is -0.690. The first-order valence-electron chi connectivity index (χ1n) is 7.55. The van der Waals surface area contributed by atoms with E-state index in [2.05, 4.69) is 17.1 Å². The summed E-state index contributed by atoms with van der Waals surface area (Å²) >= 11 is 1.99. The van der Waals surface area contributed by atoms with Crippen LogP contribution in [0.15, 0.2) is 18.2 Å². The number of rotatable bonds is 5. The van der Waals surface area contributed by atoms with Crippen molar-refractivity contribution in [2.24, 2.45) is 0 Å². The Morgan fingerprint density at radius 2 is 2.29 bits per heavy atom. The molecule has 5 heteroatoms. The molecule has 3 nitrogen and oxygen atoms in total. The average molecular weight is 404 g/mol. The minimum absolute atomic E-state index is 0.119. The van der Waals surface area contributed by atoms with Crippen LogP contribution >= 0.6 is 22.6 Å². The molecule has 1 aliphatic heterocycles. The summed E-state index contributed by atoms with van der Waals surface area (Å²) in [5.74, 6) is -0.430. The number of hydrogen-bond donors (Lipinski definition) is 1. The van der Waals surface area contributed by atoms with Crippen LogP contribution in [0.2, 0.25) is 0 Å². The van der Waals surface area contributed by atoms with Gasteiger partial charge >= 0.3 is 0 Å². The van der Waals surface area contributed by atoms with Crippen molar-refractivity contribution >= 4 is 28.5 Å². The average Bonchev–Trinajstić information content (AvgIpc) is 2.45. The zero-order valence-electron chi connectivity index (χ0n) is 12.4. The van der Waals surface area contributed by atoms with Gasteiger partial charge in [-0.15, -0.1) is 0 Å². The third kappa shape index (κ3) is 4.92. The zero-order valence-corrected chi connectivity index (χ0v) is 14.5. The van der Waals surface area contributed by atoms with Crippen molar-refractivity contribution in [3.05, 3.63) is 33.1 Å². The fourth-order valence-corrected chi connectivity index (χ4v) is 3.46. The third-order valence-corrected chi connectivity index (χ3v) is 4.92. The minimum atomic E-state index is -0.310. The van der Waals surface area contributed by atoms with Gasteiger partial charge in [-0.3, -0.25) is 4.79 Å². The Morgan fingerprint density at radius 1 is 1.48 bits per heavy atom. The predicted molar refractivity (Wildman–Crippen MR) is 91.0 cm³/mol. The molecule has 1 aromatic carbocycles. The highest BCUT2D eigenvalue weighted by molar-refractivity contribution is 14.1. The zero-order chi connectivity index (χ0) is 15.2. The van der Waals surface area contributed by atoms with Crippen LogP contribution in [0.1, 0.15) is 43.0 Å².